The number of hydrogen-bond acceptors (Lipinski definition) is 5. The second-order valence-electron chi connectivity index (χ2n) is 6.69. The van der Waals surface area contributed by atoms with Gasteiger partial charge in [-0.2, -0.15) is 0 Å². The number of aryl methyl sites for hydroxylation is 1. The Morgan fingerprint density at radius 1 is 1.45 bits per heavy atom. The van der Waals surface area contributed by atoms with E-state index in [1.54, 1.807) is 0 Å². The van der Waals surface area contributed by atoms with Crippen LogP contribution in [0.15, 0.2) is 12.4 Å². The lowest BCUT2D eigenvalue weighted by atomic mass is 9.99. The van der Waals surface area contributed by atoms with E-state index in [9.17, 15) is 5.11 Å². The summed E-state index contributed by atoms with van der Waals surface area (Å²) in [5.41, 5.74) is 0. The van der Waals surface area contributed by atoms with Crippen LogP contribution in [-0.2, 0) is 17.7 Å². The van der Waals surface area contributed by atoms with E-state index in [2.05, 4.69) is 32.6 Å². The van der Waals surface area contributed by atoms with Gasteiger partial charge in [-0.05, 0) is 19.4 Å². The number of nitrogens with zero attached hydrogens (tertiary/aromatic N) is 4. The van der Waals surface area contributed by atoms with Gasteiger partial charge in [0.15, 0.2) is 0 Å². The number of morpholine rings is 1. The molecule has 1 saturated heterocycles. The van der Waals surface area contributed by atoms with Crippen molar-refractivity contribution in [2.75, 3.05) is 53.0 Å². The van der Waals surface area contributed by atoms with Crippen LogP contribution < -0.4 is 0 Å². The van der Waals surface area contributed by atoms with Crippen molar-refractivity contribution in [1.29, 1.82) is 0 Å². The molecule has 2 aliphatic rings. The van der Waals surface area contributed by atoms with Crippen LogP contribution in [0.2, 0.25) is 0 Å². The zero-order valence-corrected chi connectivity index (χ0v) is 13.5. The van der Waals surface area contributed by atoms with Crippen LogP contribution in [0.25, 0.3) is 0 Å². The van der Waals surface area contributed by atoms with E-state index in [0.717, 1.165) is 58.9 Å². The zero-order chi connectivity index (χ0) is 15.4. The Morgan fingerprint density at radius 3 is 3.09 bits per heavy atom. The van der Waals surface area contributed by atoms with Crippen molar-refractivity contribution < 1.29 is 9.84 Å². The predicted molar refractivity (Wildman–Crippen MR) is 84.8 cm³/mol. The lowest BCUT2D eigenvalue weighted by molar-refractivity contribution is 0.00751. The van der Waals surface area contributed by atoms with E-state index in [1.165, 1.54) is 12.2 Å². The lowest BCUT2D eigenvalue weighted by Gasteiger charge is -2.32. The fraction of sp³-hybridized carbons (Fsp3) is 0.812. The molecule has 2 aliphatic heterocycles. The van der Waals surface area contributed by atoms with E-state index in [4.69, 9.17) is 4.74 Å². The number of ether oxygens (including phenoxy) is 1. The topological polar surface area (TPSA) is 53.8 Å². The van der Waals surface area contributed by atoms with Crippen LogP contribution in [0, 0.1) is 5.92 Å². The average molecular weight is 308 g/mol. The highest BCUT2D eigenvalue weighted by molar-refractivity contribution is 4.97. The molecule has 124 valence electrons. The Labute approximate surface area is 132 Å². The Bertz CT molecular complexity index is 459. The summed E-state index contributed by atoms with van der Waals surface area (Å²) in [6.07, 6.45) is 5.96. The zero-order valence-electron chi connectivity index (χ0n) is 13.5. The second kappa shape index (κ2) is 7.55. The third kappa shape index (κ3) is 4.29. The van der Waals surface area contributed by atoms with E-state index in [1.807, 2.05) is 6.20 Å². The van der Waals surface area contributed by atoms with Gasteiger partial charge in [0.2, 0.25) is 0 Å². The average Bonchev–Trinajstić information content (AvgIpc) is 2.95. The standard InChI is InChI=1S/C16H28N4O2/c1-18(12-15(21)13-19-6-8-22-9-7-19)10-14-2-3-16-17-4-5-20(16)11-14/h4-5,14-15,21H,2-3,6-13H2,1H3/t14-,15+/m0/s1. The van der Waals surface area contributed by atoms with Gasteiger partial charge in [0.05, 0.1) is 19.3 Å². The maximum absolute atomic E-state index is 10.3. The molecular formula is C16H28N4O2. The third-order valence-corrected chi connectivity index (χ3v) is 4.70. The Hall–Kier alpha value is -0.950. The number of rotatable bonds is 6. The Balaban J connectivity index is 1.39. The maximum Gasteiger partial charge on any atom is 0.108 e. The molecule has 0 spiro atoms. The molecule has 22 heavy (non-hydrogen) atoms. The van der Waals surface area contributed by atoms with Crippen molar-refractivity contribution in [3.05, 3.63) is 18.2 Å². The predicted octanol–water partition coefficient (Wildman–Crippen LogP) is 0.0704. The second-order valence-corrected chi connectivity index (χ2v) is 6.69. The van der Waals surface area contributed by atoms with Gasteiger partial charge < -0.3 is 19.3 Å². The molecule has 0 saturated carbocycles. The van der Waals surface area contributed by atoms with Gasteiger partial charge in [-0.1, -0.05) is 0 Å². The summed E-state index contributed by atoms with van der Waals surface area (Å²) < 4.78 is 7.61. The number of hydrogen-bond donors (Lipinski definition) is 1. The molecule has 0 amide bonds. The molecule has 1 N–H and O–H groups in total. The van der Waals surface area contributed by atoms with Crippen LogP contribution in [-0.4, -0.2) is 83.5 Å². The maximum atomic E-state index is 10.3. The first-order valence-electron chi connectivity index (χ1n) is 8.37. The Kier molecular flexibility index (Phi) is 5.46. The molecule has 3 heterocycles. The van der Waals surface area contributed by atoms with Gasteiger partial charge >= 0.3 is 0 Å². The summed E-state index contributed by atoms with van der Waals surface area (Å²) in [7, 11) is 2.12. The van der Waals surface area contributed by atoms with Crippen molar-refractivity contribution in [2.45, 2.75) is 25.5 Å². The molecule has 0 bridgehead atoms. The molecule has 6 nitrogen and oxygen atoms in total. The quantitative estimate of drug-likeness (QED) is 0.806. The van der Waals surface area contributed by atoms with Crippen LogP contribution >= 0.6 is 0 Å². The lowest BCUT2D eigenvalue weighted by Crippen LogP contribution is -2.45. The largest absolute Gasteiger partial charge is 0.390 e. The smallest absolute Gasteiger partial charge is 0.108 e. The third-order valence-electron chi connectivity index (χ3n) is 4.70. The normalized spacial score (nSPS) is 24.4. The van der Waals surface area contributed by atoms with Gasteiger partial charge in [0, 0.05) is 58.1 Å². The van der Waals surface area contributed by atoms with Crippen molar-refractivity contribution in [3.8, 4) is 0 Å². The van der Waals surface area contributed by atoms with Crippen LogP contribution in [0.5, 0.6) is 0 Å². The molecule has 1 aromatic rings. The minimum Gasteiger partial charge on any atom is -0.390 e. The molecule has 2 atom stereocenters. The van der Waals surface area contributed by atoms with Crippen LogP contribution in [0.3, 0.4) is 0 Å². The first kappa shape index (κ1) is 15.9. The number of β-amino-alcohol motifs (C(OH)–C–C–N with tert-alkyl or cyclic N) is 1. The molecule has 1 aromatic heterocycles. The minimum absolute atomic E-state index is 0.282. The summed E-state index contributed by atoms with van der Waals surface area (Å²) in [5, 5.41) is 10.3. The van der Waals surface area contributed by atoms with Gasteiger partial charge in [0.1, 0.15) is 5.82 Å². The van der Waals surface area contributed by atoms with Crippen LogP contribution in [0.1, 0.15) is 12.2 Å². The monoisotopic (exact) mass is 308 g/mol. The van der Waals surface area contributed by atoms with E-state index >= 15 is 0 Å². The highest BCUT2D eigenvalue weighted by Gasteiger charge is 2.21. The Morgan fingerprint density at radius 2 is 2.27 bits per heavy atom. The number of aliphatic hydroxyl groups excluding tert-OH is 1. The van der Waals surface area contributed by atoms with E-state index in [-0.39, 0.29) is 6.10 Å². The summed E-state index contributed by atoms with van der Waals surface area (Å²) in [6.45, 7) is 7.04. The highest BCUT2D eigenvalue weighted by Crippen LogP contribution is 2.19. The van der Waals surface area contributed by atoms with Crippen molar-refractivity contribution in [1.82, 2.24) is 19.4 Å². The van der Waals surface area contributed by atoms with Gasteiger partial charge in [0.25, 0.3) is 0 Å². The van der Waals surface area contributed by atoms with Crippen LogP contribution in [0.4, 0.5) is 0 Å². The van der Waals surface area contributed by atoms with E-state index in [0.29, 0.717) is 5.92 Å². The van der Waals surface area contributed by atoms with Crippen molar-refractivity contribution in [2.24, 2.45) is 5.92 Å². The van der Waals surface area contributed by atoms with Gasteiger partial charge in [-0.15, -0.1) is 0 Å². The van der Waals surface area contributed by atoms with Crippen molar-refractivity contribution in [3.63, 3.8) is 0 Å². The highest BCUT2D eigenvalue weighted by atomic mass is 16.5. The summed E-state index contributed by atoms with van der Waals surface area (Å²) in [5.74, 6) is 1.87. The molecule has 6 heteroatoms. The summed E-state index contributed by atoms with van der Waals surface area (Å²) >= 11 is 0. The molecule has 0 aromatic carbocycles. The molecule has 0 radical (unpaired) electrons. The molecule has 1 fully saturated rings. The molecular weight excluding hydrogens is 280 g/mol. The summed E-state index contributed by atoms with van der Waals surface area (Å²) in [6, 6.07) is 0. The van der Waals surface area contributed by atoms with E-state index < -0.39 is 0 Å². The SMILES string of the molecule is CN(C[C@@H](O)CN1CCOCC1)C[C@@H]1CCc2nccn2C1. The minimum atomic E-state index is -0.282. The fourth-order valence-corrected chi connectivity index (χ4v) is 3.60. The van der Waals surface area contributed by atoms with Crippen molar-refractivity contribution >= 4 is 0 Å². The number of imidazole rings is 1. The van der Waals surface area contributed by atoms with Gasteiger partial charge in [-0.3, -0.25) is 4.90 Å². The number of fused-ring (bicyclic) bond motifs is 1. The number of aromatic nitrogens is 2. The summed E-state index contributed by atoms with van der Waals surface area (Å²) in [4.78, 5) is 8.94. The van der Waals surface area contributed by atoms with Gasteiger partial charge in [-0.25, -0.2) is 4.98 Å². The first-order chi connectivity index (χ1) is 10.7. The molecule has 3 rings (SSSR count). The first-order valence-corrected chi connectivity index (χ1v) is 8.37. The number of likely N-dealkylation sites (N-methyl/N-ethyl adjacent to an activating group) is 1. The fourth-order valence-electron chi connectivity index (χ4n) is 3.60. The molecule has 0 unspecified atom stereocenters. The number of aliphatic hydroxyl groups is 1. The molecule has 0 aliphatic carbocycles.